The fraction of sp³-hybridized carbons (Fsp3) is 0.143. The SMILES string of the molecule is N#CCN1C(=O)N(Cc2cccc(Br)c2)S(=O)(=O)c2cscc21. The quantitative estimate of drug-likeness (QED) is 0.726. The molecule has 0 N–H and O–H groups in total. The number of anilines is 1. The van der Waals surface area contributed by atoms with E-state index in [-0.39, 0.29) is 23.7 Å². The van der Waals surface area contributed by atoms with Crippen molar-refractivity contribution in [2.24, 2.45) is 0 Å². The molecule has 0 saturated carbocycles. The third-order valence-electron chi connectivity index (χ3n) is 3.35. The number of fused-ring (bicyclic) bond motifs is 1. The average molecular weight is 412 g/mol. The molecule has 1 aromatic carbocycles. The van der Waals surface area contributed by atoms with Gasteiger partial charge in [0.15, 0.2) is 0 Å². The molecule has 0 radical (unpaired) electrons. The van der Waals surface area contributed by atoms with Crippen molar-refractivity contribution in [3.05, 3.63) is 45.1 Å². The Bertz CT molecular complexity index is 917. The minimum absolute atomic E-state index is 0.0624. The molecular formula is C14H10BrN3O3S2. The maximum atomic E-state index is 12.7. The number of hydrogen-bond acceptors (Lipinski definition) is 5. The Hall–Kier alpha value is -1.89. The number of amides is 2. The molecule has 2 amide bonds. The van der Waals surface area contributed by atoms with Crippen LogP contribution in [-0.2, 0) is 16.6 Å². The molecular weight excluding hydrogens is 402 g/mol. The van der Waals surface area contributed by atoms with E-state index in [4.69, 9.17) is 5.26 Å². The predicted octanol–water partition coefficient (Wildman–Crippen LogP) is 3.17. The van der Waals surface area contributed by atoms with Crippen molar-refractivity contribution in [3.8, 4) is 6.07 Å². The maximum absolute atomic E-state index is 12.7. The summed E-state index contributed by atoms with van der Waals surface area (Å²) in [6.45, 7) is -0.287. The van der Waals surface area contributed by atoms with E-state index in [2.05, 4.69) is 15.9 Å². The first-order valence-corrected chi connectivity index (χ1v) is 9.64. The molecule has 0 unspecified atom stereocenters. The molecule has 1 aliphatic heterocycles. The summed E-state index contributed by atoms with van der Waals surface area (Å²) < 4.78 is 27.0. The number of nitriles is 1. The van der Waals surface area contributed by atoms with Crippen LogP contribution in [0.15, 0.2) is 44.4 Å². The van der Waals surface area contributed by atoms with Crippen LogP contribution in [-0.4, -0.2) is 25.3 Å². The van der Waals surface area contributed by atoms with E-state index in [9.17, 15) is 13.2 Å². The number of carbonyl (C=O) groups is 1. The zero-order chi connectivity index (χ0) is 16.6. The van der Waals surface area contributed by atoms with Gasteiger partial charge in [-0.3, -0.25) is 4.90 Å². The van der Waals surface area contributed by atoms with Crippen molar-refractivity contribution < 1.29 is 13.2 Å². The standard InChI is InChI=1S/C14H10BrN3O3S2/c15-11-3-1-2-10(6-11)7-18-14(19)17(5-4-16)12-8-22-9-13(12)23(18,20)21/h1-3,6,8-9H,5,7H2. The summed E-state index contributed by atoms with van der Waals surface area (Å²) in [6.07, 6.45) is 0. The molecule has 9 heteroatoms. The van der Waals surface area contributed by atoms with E-state index in [0.29, 0.717) is 5.56 Å². The minimum atomic E-state index is -3.92. The number of carbonyl (C=O) groups excluding carboxylic acids is 1. The van der Waals surface area contributed by atoms with E-state index >= 15 is 0 Å². The summed E-state index contributed by atoms with van der Waals surface area (Å²) in [5.74, 6) is 0. The van der Waals surface area contributed by atoms with Gasteiger partial charge in [0.1, 0.15) is 11.4 Å². The molecule has 118 valence electrons. The molecule has 1 aliphatic rings. The summed E-state index contributed by atoms with van der Waals surface area (Å²) in [5.41, 5.74) is 0.943. The van der Waals surface area contributed by atoms with E-state index in [1.807, 2.05) is 12.1 Å². The van der Waals surface area contributed by atoms with Crippen LogP contribution in [0.5, 0.6) is 0 Å². The van der Waals surface area contributed by atoms with E-state index in [0.717, 1.165) is 8.78 Å². The molecule has 0 fully saturated rings. The first-order chi connectivity index (χ1) is 10.9. The number of rotatable bonds is 3. The minimum Gasteiger partial charge on any atom is -0.277 e. The summed E-state index contributed by atoms with van der Waals surface area (Å²) in [6, 6.07) is 8.26. The van der Waals surface area contributed by atoms with Crippen LogP contribution in [0.25, 0.3) is 0 Å². The molecule has 1 aromatic heterocycles. The van der Waals surface area contributed by atoms with Gasteiger partial charge in [-0.1, -0.05) is 28.1 Å². The number of halogens is 1. The molecule has 0 bridgehead atoms. The largest absolute Gasteiger partial charge is 0.339 e. The summed E-state index contributed by atoms with van der Waals surface area (Å²) in [4.78, 5) is 13.8. The lowest BCUT2D eigenvalue weighted by Gasteiger charge is -2.33. The average Bonchev–Trinajstić information content (AvgIpc) is 2.99. The normalized spacial score (nSPS) is 16.1. The van der Waals surface area contributed by atoms with E-state index < -0.39 is 16.1 Å². The van der Waals surface area contributed by atoms with Gasteiger partial charge < -0.3 is 0 Å². The molecule has 23 heavy (non-hydrogen) atoms. The molecule has 2 heterocycles. The number of nitrogens with zero attached hydrogens (tertiary/aromatic N) is 3. The topological polar surface area (TPSA) is 81.5 Å². The second kappa shape index (κ2) is 5.96. The van der Waals surface area contributed by atoms with Crippen LogP contribution in [0.1, 0.15) is 5.56 Å². The fourth-order valence-corrected chi connectivity index (χ4v) is 5.47. The zero-order valence-corrected chi connectivity index (χ0v) is 14.9. The number of urea groups is 1. The van der Waals surface area contributed by atoms with Crippen molar-refractivity contribution in [3.63, 3.8) is 0 Å². The predicted molar refractivity (Wildman–Crippen MR) is 89.5 cm³/mol. The summed E-state index contributed by atoms with van der Waals surface area (Å²) in [7, 11) is -3.92. The molecule has 0 aliphatic carbocycles. The van der Waals surface area contributed by atoms with Crippen LogP contribution in [0.3, 0.4) is 0 Å². The fourth-order valence-electron chi connectivity index (χ4n) is 2.30. The Morgan fingerprint density at radius 1 is 1.30 bits per heavy atom. The Morgan fingerprint density at radius 2 is 2.09 bits per heavy atom. The van der Waals surface area contributed by atoms with Gasteiger partial charge in [-0.25, -0.2) is 17.5 Å². The van der Waals surface area contributed by atoms with Gasteiger partial charge in [-0.15, -0.1) is 11.3 Å². The highest BCUT2D eigenvalue weighted by Crippen LogP contribution is 2.37. The Kier molecular flexibility index (Phi) is 4.14. The van der Waals surface area contributed by atoms with Gasteiger partial charge >= 0.3 is 6.03 Å². The van der Waals surface area contributed by atoms with Crippen molar-refractivity contribution in [1.29, 1.82) is 5.26 Å². The second-order valence-corrected chi connectivity index (χ2v) is 8.28. The first kappa shape index (κ1) is 16.0. The lowest BCUT2D eigenvalue weighted by atomic mass is 10.2. The van der Waals surface area contributed by atoms with Gasteiger partial charge in [0.05, 0.1) is 18.3 Å². The van der Waals surface area contributed by atoms with Gasteiger partial charge in [0.25, 0.3) is 10.0 Å². The first-order valence-electron chi connectivity index (χ1n) is 6.47. The van der Waals surface area contributed by atoms with Crippen LogP contribution in [0.4, 0.5) is 10.5 Å². The summed E-state index contributed by atoms with van der Waals surface area (Å²) in [5, 5.41) is 12.0. The van der Waals surface area contributed by atoms with Crippen molar-refractivity contribution in [2.45, 2.75) is 11.4 Å². The zero-order valence-electron chi connectivity index (χ0n) is 11.6. The third-order valence-corrected chi connectivity index (χ3v) is 6.48. The van der Waals surface area contributed by atoms with Crippen LogP contribution >= 0.6 is 27.3 Å². The number of sulfonamides is 1. The van der Waals surface area contributed by atoms with E-state index in [1.54, 1.807) is 23.6 Å². The molecule has 3 rings (SSSR count). The Labute approximate surface area is 145 Å². The number of thiophene rings is 1. The van der Waals surface area contributed by atoms with Gasteiger partial charge in [-0.2, -0.15) is 5.26 Å². The van der Waals surface area contributed by atoms with Gasteiger partial charge in [-0.05, 0) is 17.7 Å². The summed E-state index contributed by atoms with van der Waals surface area (Å²) >= 11 is 4.51. The molecule has 0 spiro atoms. The highest BCUT2D eigenvalue weighted by atomic mass is 79.9. The van der Waals surface area contributed by atoms with Crippen LogP contribution in [0, 0.1) is 11.3 Å². The highest BCUT2D eigenvalue weighted by molar-refractivity contribution is 9.10. The smallest absolute Gasteiger partial charge is 0.277 e. The monoisotopic (exact) mass is 411 g/mol. The Morgan fingerprint density at radius 3 is 2.78 bits per heavy atom. The molecule has 0 saturated heterocycles. The lowest BCUT2D eigenvalue weighted by Crippen LogP contribution is -2.50. The van der Waals surface area contributed by atoms with Crippen molar-refractivity contribution >= 4 is 49.0 Å². The van der Waals surface area contributed by atoms with Gasteiger partial charge in [0, 0.05) is 15.2 Å². The van der Waals surface area contributed by atoms with Crippen LogP contribution < -0.4 is 4.90 Å². The second-order valence-electron chi connectivity index (χ2n) is 4.79. The third kappa shape index (κ3) is 2.73. The molecule has 6 nitrogen and oxygen atoms in total. The molecule has 0 atom stereocenters. The highest BCUT2D eigenvalue weighted by Gasteiger charge is 2.42. The number of benzene rings is 1. The van der Waals surface area contributed by atoms with Crippen molar-refractivity contribution in [1.82, 2.24) is 4.31 Å². The lowest BCUT2D eigenvalue weighted by molar-refractivity contribution is 0.227. The van der Waals surface area contributed by atoms with Crippen molar-refractivity contribution in [2.75, 3.05) is 11.4 Å². The maximum Gasteiger partial charge on any atom is 0.339 e. The van der Waals surface area contributed by atoms with E-state index in [1.165, 1.54) is 21.6 Å². The van der Waals surface area contributed by atoms with Gasteiger partial charge in [0.2, 0.25) is 0 Å². The molecule has 2 aromatic rings. The van der Waals surface area contributed by atoms with Crippen LogP contribution in [0.2, 0.25) is 0 Å². The number of hydrogen-bond donors (Lipinski definition) is 0. The Balaban J connectivity index is 2.06.